The summed E-state index contributed by atoms with van der Waals surface area (Å²) in [6.45, 7) is 31.4. The predicted molar refractivity (Wildman–Crippen MR) is 377 cm³/mol. The van der Waals surface area contributed by atoms with Gasteiger partial charge in [-0.3, -0.25) is 0 Å². The van der Waals surface area contributed by atoms with Crippen LogP contribution in [-0.2, 0) is 28.1 Å². The van der Waals surface area contributed by atoms with Crippen LogP contribution in [-0.4, -0.2) is 0 Å². The van der Waals surface area contributed by atoms with Crippen LogP contribution in [0.5, 0.6) is 0 Å². The van der Waals surface area contributed by atoms with Crippen LogP contribution >= 0.6 is 0 Å². The van der Waals surface area contributed by atoms with E-state index in [0.29, 0.717) is 23.7 Å². The number of rotatable bonds is 15. The number of hydrogen-bond acceptors (Lipinski definition) is 2. The second kappa shape index (κ2) is 26.0. The van der Waals surface area contributed by atoms with Crippen LogP contribution < -0.4 is 9.80 Å². The lowest BCUT2D eigenvalue weighted by Gasteiger charge is -2.37. The normalized spacial score (nSPS) is 17.6. The molecule has 11 rings (SSSR count). The molecule has 4 fully saturated rings. The van der Waals surface area contributed by atoms with Crippen LogP contribution in [0, 0.1) is 0 Å². The van der Waals surface area contributed by atoms with E-state index in [-0.39, 0.29) is 21.7 Å². The van der Waals surface area contributed by atoms with E-state index >= 15 is 0 Å². The molecule has 0 heterocycles. The first-order valence-electron chi connectivity index (χ1n) is 35.3. The van der Waals surface area contributed by atoms with Crippen molar-refractivity contribution in [3.8, 4) is 0 Å². The monoisotopic (exact) mass is 1150 g/mol. The van der Waals surface area contributed by atoms with E-state index in [1.807, 2.05) is 0 Å². The van der Waals surface area contributed by atoms with E-state index in [1.165, 1.54) is 238 Å². The van der Waals surface area contributed by atoms with Crippen LogP contribution in [0.1, 0.15) is 318 Å². The summed E-state index contributed by atoms with van der Waals surface area (Å²) in [6.07, 6.45) is 32.5. The smallest absolute Gasteiger partial charge is 0.0620 e. The summed E-state index contributed by atoms with van der Waals surface area (Å²) < 4.78 is 0. The van der Waals surface area contributed by atoms with Crippen molar-refractivity contribution in [3.63, 3.8) is 0 Å². The molecule has 86 heavy (non-hydrogen) atoms. The van der Waals surface area contributed by atoms with E-state index in [4.69, 9.17) is 0 Å². The lowest BCUT2D eigenvalue weighted by atomic mass is 9.79. The average molecular weight is 1150 g/mol. The molecule has 0 spiro atoms. The fraction of sp³-hybridized carbons (Fsp3) is 0.548. The summed E-state index contributed by atoms with van der Waals surface area (Å²) >= 11 is 0. The summed E-state index contributed by atoms with van der Waals surface area (Å²) in [6, 6.07) is 49.3. The summed E-state index contributed by atoms with van der Waals surface area (Å²) in [5, 5.41) is 5.33. The quantitative estimate of drug-likeness (QED) is 0.0573. The van der Waals surface area contributed by atoms with Gasteiger partial charge in [0, 0.05) is 44.3 Å². The van der Waals surface area contributed by atoms with Crippen LogP contribution in [0.2, 0.25) is 0 Å². The third-order valence-corrected chi connectivity index (χ3v) is 21.4. The Morgan fingerprint density at radius 2 is 0.628 bits per heavy atom. The third-order valence-electron chi connectivity index (χ3n) is 21.4. The number of aryl methyl sites for hydroxylation is 1. The van der Waals surface area contributed by atoms with Crippen molar-refractivity contribution >= 4 is 55.7 Å². The summed E-state index contributed by atoms with van der Waals surface area (Å²) in [5.74, 6) is 2.34. The first-order chi connectivity index (χ1) is 41.1. The molecule has 0 unspecified atom stereocenters. The molecule has 7 aromatic carbocycles. The lowest BCUT2D eigenvalue weighted by molar-refractivity contribution is 0.435. The Morgan fingerprint density at radius 1 is 0.314 bits per heavy atom. The molecule has 458 valence electrons. The standard InChI is InChI=1S/C84H112N2/c1-14-15-16-21-32-58-43-44-77-78(45-58)80(86(74-56-69(83(8,9)10)53-70(57-74)84(11,12)13)72-50-65(61-37-26-19-27-38-61)47-66(51-72)62-39-28-20-29-40-62)76-42-31-30-41-75(76)79(77)85(73-54-67(81(2,3)4)52-68(55-73)82(5,6)7)71-48-63(59-33-22-17-23-34-59)46-64(49-71)60-35-24-18-25-36-60/h30-31,41-57,59-62H,14-29,32-40H2,1-13H3. The SMILES string of the molecule is CCCCCCc1ccc2c(N(c3cc(C4CCCCC4)cc(C4CCCCC4)c3)c3cc(C(C)(C)C)cc(C(C)(C)C)c3)c3ccccc3c(N(c3cc(C4CCCCC4)cc(C4CCCCC4)c3)c3cc(C(C)(C)C)cc(C(C)(C)C)c3)c2c1. The molecule has 0 aromatic heterocycles. The van der Waals surface area contributed by atoms with Crippen molar-refractivity contribution in [1.82, 2.24) is 0 Å². The van der Waals surface area contributed by atoms with Gasteiger partial charge in [-0.05, 0) is 214 Å². The maximum atomic E-state index is 2.84. The van der Waals surface area contributed by atoms with Crippen molar-refractivity contribution in [2.45, 2.75) is 296 Å². The van der Waals surface area contributed by atoms with Gasteiger partial charge < -0.3 is 9.80 Å². The van der Waals surface area contributed by atoms with Gasteiger partial charge in [-0.25, -0.2) is 0 Å². The van der Waals surface area contributed by atoms with Gasteiger partial charge in [-0.1, -0.05) is 247 Å². The summed E-state index contributed by atoms with van der Waals surface area (Å²) in [4.78, 5) is 5.66. The second-order valence-corrected chi connectivity index (χ2v) is 32.2. The highest BCUT2D eigenvalue weighted by Gasteiger charge is 2.33. The molecule has 0 aliphatic heterocycles. The Balaban J connectivity index is 1.30. The van der Waals surface area contributed by atoms with Gasteiger partial charge >= 0.3 is 0 Å². The number of unbranched alkanes of at least 4 members (excludes halogenated alkanes) is 3. The highest BCUT2D eigenvalue weighted by atomic mass is 15.2. The minimum Gasteiger partial charge on any atom is -0.309 e. The topological polar surface area (TPSA) is 6.48 Å². The number of benzene rings is 7. The zero-order chi connectivity index (χ0) is 60.5. The molecule has 0 N–H and O–H groups in total. The molecule has 4 saturated carbocycles. The Bertz CT molecular complexity index is 3310. The van der Waals surface area contributed by atoms with Crippen molar-refractivity contribution in [1.29, 1.82) is 0 Å². The van der Waals surface area contributed by atoms with Gasteiger partial charge in [-0.15, -0.1) is 0 Å². The lowest BCUT2D eigenvalue weighted by Crippen LogP contribution is -2.21. The number of nitrogens with zero attached hydrogens (tertiary/aromatic N) is 2. The number of anilines is 6. The first kappa shape index (κ1) is 62.3. The third kappa shape index (κ3) is 13.9. The van der Waals surface area contributed by atoms with Crippen LogP contribution in [0.3, 0.4) is 0 Å². The minimum atomic E-state index is -0.0603. The molecule has 0 radical (unpaired) electrons. The Hall–Kier alpha value is -5.34. The van der Waals surface area contributed by atoms with Crippen LogP contribution in [0.4, 0.5) is 34.1 Å². The Kier molecular flexibility index (Phi) is 18.8. The van der Waals surface area contributed by atoms with E-state index in [9.17, 15) is 0 Å². The Labute approximate surface area is 523 Å². The van der Waals surface area contributed by atoms with E-state index < -0.39 is 0 Å². The molecule has 0 saturated heterocycles. The fourth-order valence-corrected chi connectivity index (χ4v) is 15.9. The number of hydrogen-bond donors (Lipinski definition) is 0. The van der Waals surface area contributed by atoms with Crippen molar-refractivity contribution in [2.75, 3.05) is 9.80 Å². The molecule has 2 nitrogen and oxygen atoms in total. The van der Waals surface area contributed by atoms with Crippen LogP contribution in [0.25, 0.3) is 21.5 Å². The summed E-state index contributed by atoms with van der Waals surface area (Å²) in [5.41, 5.74) is 21.0. The van der Waals surface area contributed by atoms with Gasteiger partial charge in [0.2, 0.25) is 0 Å². The molecule has 4 aliphatic rings. The van der Waals surface area contributed by atoms with Crippen LogP contribution in [0.15, 0.2) is 115 Å². The molecule has 4 aliphatic carbocycles. The average Bonchev–Trinajstić information content (AvgIpc) is 0.796. The minimum absolute atomic E-state index is 0.0593. The van der Waals surface area contributed by atoms with Crippen molar-refractivity contribution in [2.24, 2.45) is 0 Å². The van der Waals surface area contributed by atoms with Gasteiger partial charge in [0.05, 0.1) is 11.4 Å². The van der Waals surface area contributed by atoms with E-state index in [2.05, 4.69) is 215 Å². The predicted octanol–water partition coefficient (Wildman–Crippen LogP) is 26.4. The van der Waals surface area contributed by atoms with Gasteiger partial charge in [0.1, 0.15) is 0 Å². The maximum Gasteiger partial charge on any atom is 0.0620 e. The zero-order valence-corrected chi connectivity index (χ0v) is 56.4. The highest BCUT2D eigenvalue weighted by Crippen LogP contribution is 2.55. The molecular formula is C84H112N2. The first-order valence-corrected chi connectivity index (χ1v) is 35.3. The van der Waals surface area contributed by atoms with Gasteiger partial charge in [-0.2, -0.15) is 0 Å². The number of fused-ring (bicyclic) bond motifs is 2. The molecule has 7 aromatic rings. The molecule has 0 atom stereocenters. The summed E-state index contributed by atoms with van der Waals surface area (Å²) in [7, 11) is 0. The molecule has 0 amide bonds. The Morgan fingerprint density at radius 3 is 0.953 bits per heavy atom. The maximum absolute atomic E-state index is 2.84. The second-order valence-electron chi connectivity index (χ2n) is 32.2. The van der Waals surface area contributed by atoms with E-state index in [1.54, 1.807) is 22.3 Å². The molecular weight excluding hydrogens is 1040 g/mol. The zero-order valence-electron chi connectivity index (χ0n) is 56.4. The van der Waals surface area contributed by atoms with E-state index in [0.717, 1.165) is 6.42 Å². The fourth-order valence-electron chi connectivity index (χ4n) is 15.9. The van der Waals surface area contributed by atoms with Gasteiger partial charge in [0.15, 0.2) is 0 Å². The van der Waals surface area contributed by atoms with Crippen molar-refractivity contribution < 1.29 is 0 Å². The molecule has 0 bridgehead atoms. The largest absolute Gasteiger partial charge is 0.309 e. The van der Waals surface area contributed by atoms with Gasteiger partial charge in [0.25, 0.3) is 0 Å². The van der Waals surface area contributed by atoms with Crippen molar-refractivity contribution in [3.05, 3.63) is 165 Å². The highest BCUT2D eigenvalue weighted by molar-refractivity contribution is 6.23. The molecule has 2 heteroatoms.